The number of nitrogens with zero attached hydrogens (tertiary/aromatic N) is 2. The number of benzene rings is 1. The minimum absolute atomic E-state index is 0.0132. The highest BCUT2D eigenvalue weighted by Crippen LogP contribution is 2.28. The quantitative estimate of drug-likeness (QED) is 0.839. The van der Waals surface area contributed by atoms with Gasteiger partial charge in [-0.25, -0.2) is 4.98 Å². The van der Waals surface area contributed by atoms with E-state index in [9.17, 15) is 9.59 Å². The fourth-order valence-corrected chi connectivity index (χ4v) is 3.72. The van der Waals surface area contributed by atoms with Crippen LogP contribution in [0.5, 0.6) is 11.5 Å². The topological polar surface area (TPSA) is 80.8 Å². The third-order valence-electron chi connectivity index (χ3n) is 3.86. The minimum Gasteiger partial charge on any atom is -0.494 e. The maximum absolute atomic E-state index is 12.4. The van der Waals surface area contributed by atoms with E-state index in [2.05, 4.69) is 10.3 Å². The fraction of sp³-hybridized carbons (Fsp3) is 0.389. The average Bonchev–Trinajstić information content (AvgIpc) is 3.01. The normalized spacial score (nSPS) is 13.1. The van der Waals surface area contributed by atoms with Crippen LogP contribution in [0, 0.1) is 0 Å². The zero-order valence-corrected chi connectivity index (χ0v) is 15.6. The van der Waals surface area contributed by atoms with Gasteiger partial charge in [-0.2, -0.15) is 0 Å². The second-order valence-corrected chi connectivity index (χ2v) is 6.91. The van der Waals surface area contributed by atoms with Crippen molar-refractivity contribution in [2.24, 2.45) is 0 Å². The summed E-state index contributed by atoms with van der Waals surface area (Å²) < 4.78 is 11.0. The molecule has 1 aliphatic heterocycles. The average molecular weight is 375 g/mol. The Morgan fingerprint density at radius 2 is 1.92 bits per heavy atom. The molecule has 2 heterocycles. The highest BCUT2D eigenvalue weighted by molar-refractivity contribution is 7.15. The molecule has 26 heavy (non-hydrogen) atoms. The molecule has 0 unspecified atom stereocenters. The maximum Gasteiger partial charge on any atom is 0.260 e. The highest BCUT2D eigenvalue weighted by Gasteiger charge is 2.24. The van der Waals surface area contributed by atoms with Crippen LogP contribution in [-0.2, 0) is 22.6 Å². The molecular weight excluding hydrogens is 354 g/mol. The van der Waals surface area contributed by atoms with Crippen molar-refractivity contribution in [1.29, 1.82) is 0 Å². The first-order valence-electron chi connectivity index (χ1n) is 8.44. The number of carbonyl (C=O) groups is 2. The molecule has 1 N–H and O–H groups in total. The fourth-order valence-electron chi connectivity index (χ4n) is 2.65. The zero-order valence-electron chi connectivity index (χ0n) is 14.8. The molecule has 1 aromatic heterocycles. The maximum atomic E-state index is 12.4. The van der Waals surface area contributed by atoms with Crippen molar-refractivity contribution >= 4 is 28.3 Å². The molecule has 0 spiro atoms. The van der Waals surface area contributed by atoms with Gasteiger partial charge in [0.1, 0.15) is 11.5 Å². The van der Waals surface area contributed by atoms with E-state index in [1.165, 1.54) is 18.3 Å². The van der Waals surface area contributed by atoms with E-state index in [1.54, 1.807) is 17.0 Å². The predicted octanol–water partition coefficient (Wildman–Crippen LogP) is 2.46. The molecule has 0 saturated heterocycles. The van der Waals surface area contributed by atoms with Gasteiger partial charge in [0.05, 0.1) is 18.8 Å². The number of anilines is 1. The summed E-state index contributed by atoms with van der Waals surface area (Å²) in [4.78, 5) is 30.7. The molecule has 0 radical (unpaired) electrons. The number of amides is 2. The number of hydrogen-bond acceptors (Lipinski definition) is 6. The largest absolute Gasteiger partial charge is 0.494 e. The summed E-state index contributed by atoms with van der Waals surface area (Å²) in [5.41, 5.74) is 0.954. The summed E-state index contributed by atoms with van der Waals surface area (Å²) in [6.07, 6.45) is 0.681. The second-order valence-electron chi connectivity index (χ2n) is 5.83. The Morgan fingerprint density at radius 1 is 1.23 bits per heavy atom. The molecule has 7 nitrogen and oxygen atoms in total. The molecule has 0 saturated carbocycles. The summed E-state index contributed by atoms with van der Waals surface area (Å²) in [6, 6.07) is 7.21. The van der Waals surface area contributed by atoms with Crippen LogP contribution in [0.25, 0.3) is 0 Å². The molecular formula is C18H21N3O4S. The van der Waals surface area contributed by atoms with Gasteiger partial charge in [0.15, 0.2) is 11.7 Å². The van der Waals surface area contributed by atoms with Crippen LogP contribution >= 0.6 is 11.3 Å². The van der Waals surface area contributed by atoms with Crippen molar-refractivity contribution in [2.75, 3.05) is 25.1 Å². The first-order chi connectivity index (χ1) is 12.5. The molecule has 3 rings (SSSR count). The lowest BCUT2D eigenvalue weighted by Gasteiger charge is -2.26. The van der Waals surface area contributed by atoms with Crippen LogP contribution in [0.1, 0.15) is 24.4 Å². The Morgan fingerprint density at radius 3 is 2.58 bits per heavy atom. The highest BCUT2D eigenvalue weighted by atomic mass is 32.1. The van der Waals surface area contributed by atoms with Crippen molar-refractivity contribution in [2.45, 2.75) is 26.8 Å². The summed E-state index contributed by atoms with van der Waals surface area (Å²) in [5, 5.41) is 3.28. The van der Waals surface area contributed by atoms with Gasteiger partial charge in [-0.1, -0.05) is 11.3 Å². The first kappa shape index (κ1) is 18.2. The first-order valence-corrected chi connectivity index (χ1v) is 9.26. The van der Waals surface area contributed by atoms with E-state index in [1.807, 2.05) is 19.1 Å². The molecule has 0 aliphatic carbocycles. The van der Waals surface area contributed by atoms with E-state index in [4.69, 9.17) is 9.47 Å². The Balaban J connectivity index is 1.54. The summed E-state index contributed by atoms with van der Waals surface area (Å²) in [6.45, 7) is 5.07. The molecule has 0 bridgehead atoms. The molecule has 1 aromatic carbocycles. The Kier molecular flexibility index (Phi) is 5.72. The number of ether oxygens (including phenoxy) is 2. The molecule has 0 fully saturated rings. The summed E-state index contributed by atoms with van der Waals surface area (Å²) in [5.74, 6) is 1.19. The number of hydrogen-bond donors (Lipinski definition) is 1. The third-order valence-corrected chi connectivity index (χ3v) is 4.86. The van der Waals surface area contributed by atoms with Gasteiger partial charge in [0.2, 0.25) is 5.91 Å². The molecule has 138 valence electrons. The van der Waals surface area contributed by atoms with E-state index in [0.717, 1.165) is 16.3 Å². The second kappa shape index (κ2) is 8.18. The monoisotopic (exact) mass is 375 g/mol. The molecule has 2 amide bonds. The summed E-state index contributed by atoms with van der Waals surface area (Å²) in [7, 11) is 0. The number of thiazole rings is 1. The lowest BCUT2D eigenvalue weighted by molar-refractivity contribution is -0.134. The van der Waals surface area contributed by atoms with Crippen molar-refractivity contribution in [3.05, 3.63) is 34.8 Å². The number of nitrogens with one attached hydrogen (secondary N) is 1. The summed E-state index contributed by atoms with van der Waals surface area (Å²) >= 11 is 1.41. The smallest absolute Gasteiger partial charge is 0.260 e. The van der Waals surface area contributed by atoms with Gasteiger partial charge in [0, 0.05) is 24.8 Å². The van der Waals surface area contributed by atoms with Crippen molar-refractivity contribution in [3.8, 4) is 11.5 Å². The lowest BCUT2D eigenvalue weighted by atomic mass is 10.2. The minimum atomic E-state index is -0.146. The van der Waals surface area contributed by atoms with Crippen LogP contribution in [-0.4, -0.2) is 41.5 Å². The van der Waals surface area contributed by atoms with Crippen LogP contribution in [0.4, 0.5) is 5.13 Å². The number of rotatable bonds is 6. The van der Waals surface area contributed by atoms with E-state index >= 15 is 0 Å². The molecule has 2 aromatic rings. The number of carbonyl (C=O) groups excluding carboxylic acids is 2. The van der Waals surface area contributed by atoms with Crippen molar-refractivity contribution < 1.29 is 19.1 Å². The van der Waals surface area contributed by atoms with E-state index in [0.29, 0.717) is 37.0 Å². The van der Waals surface area contributed by atoms with E-state index < -0.39 is 0 Å². The van der Waals surface area contributed by atoms with Gasteiger partial charge in [0.25, 0.3) is 5.91 Å². The van der Waals surface area contributed by atoms with Gasteiger partial charge in [-0.15, -0.1) is 0 Å². The standard InChI is InChI=1S/C18H21N3O4S/c1-3-24-13-4-6-14(7-5-13)25-11-17(23)21-9-8-15-16(10-21)26-18(20-15)19-12(2)22/h4-7H,3,8-11H2,1-2H3,(H,19,20,22). The predicted molar refractivity (Wildman–Crippen MR) is 98.6 cm³/mol. The Bertz CT molecular complexity index is 788. The van der Waals surface area contributed by atoms with Gasteiger partial charge < -0.3 is 19.7 Å². The SMILES string of the molecule is CCOc1ccc(OCC(=O)N2CCc3nc(NC(C)=O)sc3C2)cc1. The van der Waals surface area contributed by atoms with Crippen LogP contribution in [0.15, 0.2) is 24.3 Å². The van der Waals surface area contributed by atoms with Crippen LogP contribution in [0.3, 0.4) is 0 Å². The van der Waals surface area contributed by atoms with Gasteiger partial charge in [-0.05, 0) is 31.2 Å². The number of aromatic nitrogens is 1. The zero-order chi connectivity index (χ0) is 18.5. The molecule has 0 atom stereocenters. The molecule has 1 aliphatic rings. The van der Waals surface area contributed by atoms with Crippen LogP contribution < -0.4 is 14.8 Å². The lowest BCUT2D eigenvalue weighted by Crippen LogP contribution is -2.38. The third kappa shape index (κ3) is 4.51. The number of fused-ring (bicyclic) bond motifs is 1. The Labute approximate surface area is 155 Å². The Hall–Kier alpha value is -2.61. The van der Waals surface area contributed by atoms with Crippen LogP contribution in [0.2, 0.25) is 0 Å². The van der Waals surface area contributed by atoms with Crippen molar-refractivity contribution in [3.63, 3.8) is 0 Å². The van der Waals surface area contributed by atoms with Crippen molar-refractivity contribution in [1.82, 2.24) is 9.88 Å². The molecule has 8 heteroatoms. The van der Waals surface area contributed by atoms with E-state index in [-0.39, 0.29) is 18.4 Å². The van der Waals surface area contributed by atoms with Gasteiger partial charge in [-0.3, -0.25) is 9.59 Å². The van der Waals surface area contributed by atoms with Gasteiger partial charge >= 0.3 is 0 Å².